The van der Waals surface area contributed by atoms with E-state index in [0.717, 1.165) is 0 Å². The number of allylic oxidation sites excluding steroid dienone is 1. The third-order valence-corrected chi connectivity index (χ3v) is 3.63. The van der Waals surface area contributed by atoms with Gasteiger partial charge in [-0.3, -0.25) is 19.5 Å². The van der Waals surface area contributed by atoms with Gasteiger partial charge in [0.2, 0.25) is 5.95 Å². The molecule has 3 aromatic rings. The van der Waals surface area contributed by atoms with Crippen LogP contribution in [-0.4, -0.2) is 20.7 Å². The van der Waals surface area contributed by atoms with Crippen molar-refractivity contribution in [3.63, 3.8) is 0 Å². The number of nitro benzene ring substituents is 1. The first-order chi connectivity index (χ1) is 12.6. The van der Waals surface area contributed by atoms with Gasteiger partial charge in [-0.05, 0) is 12.1 Å². The number of hydrazone groups is 1. The van der Waals surface area contributed by atoms with Crippen LogP contribution in [0.3, 0.4) is 0 Å². The molecular formula is C18H15N5O3. The number of non-ortho nitro benzene ring substituents is 1. The summed E-state index contributed by atoms with van der Waals surface area (Å²) in [7, 11) is 0. The number of aromatic nitrogens is 2. The molecule has 1 aromatic heterocycles. The largest absolute Gasteiger partial charge is 0.273 e. The van der Waals surface area contributed by atoms with Gasteiger partial charge in [0.05, 0.1) is 22.0 Å². The molecule has 0 saturated carbocycles. The smallest absolute Gasteiger partial charge is 0.270 e. The van der Waals surface area contributed by atoms with Gasteiger partial charge >= 0.3 is 0 Å². The van der Waals surface area contributed by atoms with Gasteiger partial charge < -0.3 is 0 Å². The minimum Gasteiger partial charge on any atom is -0.273 e. The lowest BCUT2D eigenvalue weighted by molar-refractivity contribution is -0.384. The lowest BCUT2D eigenvalue weighted by Crippen LogP contribution is -2.23. The van der Waals surface area contributed by atoms with Crippen molar-refractivity contribution < 1.29 is 4.92 Å². The highest BCUT2D eigenvalue weighted by Gasteiger charge is 2.09. The average molecular weight is 349 g/mol. The van der Waals surface area contributed by atoms with Crippen LogP contribution in [-0.2, 0) is 6.54 Å². The van der Waals surface area contributed by atoms with Gasteiger partial charge in [0.25, 0.3) is 11.2 Å². The number of nitrogens with zero attached hydrogens (tertiary/aromatic N) is 4. The Morgan fingerprint density at radius 1 is 1.27 bits per heavy atom. The molecule has 130 valence electrons. The monoisotopic (exact) mass is 349 g/mol. The van der Waals surface area contributed by atoms with Crippen molar-refractivity contribution in [2.75, 3.05) is 5.43 Å². The van der Waals surface area contributed by atoms with E-state index in [2.05, 4.69) is 22.1 Å². The van der Waals surface area contributed by atoms with E-state index in [4.69, 9.17) is 0 Å². The first-order valence-electron chi connectivity index (χ1n) is 7.74. The molecule has 3 rings (SSSR count). The molecule has 0 amide bonds. The number of fused-ring (bicyclic) bond motifs is 1. The number of rotatable bonds is 6. The molecule has 0 aliphatic heterocycles. The zero-order valence-electron chi connectivity index (χ0n) is 13.7. The van der Waals surface area contributed by atoms with Crippen LogP contribution < -0.4 is 11.0 Å². The van der Waals surface area contributed by atoms with Gasteiger partial charge in [-0.25, -0.2) is 10.4 Å². The van der Waals surface area contributed by atoms with Gasteiger partial charge in [-0.15, -0.1) is 6.58 Å². The van der Waals surface area contributed by atoms with Crippen LogP contribution in [0.2, 0.25) is 0 Å². The number of hydrogen-bond donors (Lipinski definition) is 1. The predicted molar refractivity (Wildman–Crippen MR) is 101 cm³/mol. The maximum absolute atomic E-state index is 12.6. The number of benzene rings is 2. The molecule has 0 atom stereocenters. The number of nitro groups is 1. The molecule has 8 nitrogen and oxygen atoms in total. The molecule has 0 bridgehead atoms. The highest BCUT2D eigenvalue weighted by molar-refractivity contribution is 5.81. The summed E-state index contributed by atoms with van der Waals surface area (Å²) in [6.07, 6.45) is 3.01. The van der Waals surface area contributed by atoms with Crippen LogP contribution >= 0.6 is 0 Å². The Morgan fingerprint density at radius 2 is 2.08 bits per heavy atom. The van der Waals surface area contributed by atoms with Crippen molar-refractivity contribution in [3.8, 4) is 0 Å². The van der Waals surface area contributed by atoms with E-state index in [0.29, 0.717) is 16.5 Å². The van der Waals surface area contributed by atoms with E-state index in [1.54, 1.807) is 42.5 Å². The molecule has 0 aliphatic rings. The van der Waals surface area contributed by atoms with Crippen molar-refractivity contribution in [3.05, 3.63) is 87.2 Å². The van der Waals surface area contributed by atoms with E-state index < -0.39 is 4.92 Å². The van der Waals surface area contributed by atoms with Gasteiger partial charge in [0.15, 0.2) is 0 Å². The van der Waals surface area contributed by atoms with E-state index in [-0.39, 0.29) is 23.7 Å². The third kappa shape index (κ3) is 3.48. The van der Waals surface area contributed by atoms with Crippen LogP contribution in [0.25, 0.3) is 10.9 Å². The number of hydrogen-bond acceptors (Lipinski definition) is 6. The summed E-state index contributed by atoms with van der Waals surface area (Å²) in [6, 6.07) is 13.1. The molecule has 26 heavy (non-hydrogen) atoms. The molecule has 0 saturated heterocycles. The zero-order chi connectivity index (χ0) is 18.5. The van der Waals surface area contributed by atoms with Crippen molar-refractivity contribution in [2.24, 2.45) is 5.10 Å². The van der Waals surface area contributed by atoms with Crippen LogP contribution in [0.4, 0.5) is 11.6 Å². The van der Waals surface area contributed by atoms with Gasteiger partial charge in [-0.1, -0.05) is 30.3 Å². The quantitative estimate of drug-likeness (QED) is 0.319. The lowest BCUT2D eigenvalue weighted by atomic mass is 10.2. The molecule has 0 unspecified atom stereocenters. The van der Waals surface area contributed by atoms with Crippen molar-refractivity contribution in [1.82, 2.24) is 9.55 Å². The van der Waals surface area contributed by atoms with Crippen LogP contribution in [0.1, 0.15) is 5.56 Å². The fraction of sp³-hybridized carbons (Fsp3) is 0.0556. The molecule has 8 heteroatoms. The first kappa shape index (κ1) is 17.0. The van der Waals surface area contributed by atoms with Crippen LogP contribution in [0.15, 0.2) is 71.1 Å². The fourth-order valence-corrected chi connectivity index (χ4v) is 2.44. The maximum Gasteiger partial charge on any atom is 0.270 e. The van der Waals surface area contributed by atoms with Gasteiger partial charge in [-0.2, -0.15) is 5.10 Å². The summed E-state index contributed by atoms with van der Waals surface area (Å²) in [5.74, 6) is 0.260. The Morgan fingerprint density at radius 3 is 2.85 bits per heavy atom. The highest BCUT2D eigenvalue weighted by Crippen LogP contribution is 2.13. The molecule has 0 radical (unpaired) electrons. The number of anilines is 1. The molecule has 2 aromatic carbocycles. The summed E-state index contributed by atoms with van der Waals surface area (Å²) in [5.41, 5.74) is 3.59. The molecule has 1 N–H and O–H groups in total. The molecule has 0 aliphatic carbocycles. The number of nitrogens with one attached hydrogen (secondary N) is 1. The Kier molecular flexibility index (Phi) is 4.84. The predicted octanol–water partition coefficient (Wildman–Crippen LogP) is 2.94. The fourth-order valence-electron chi connectivity index (χ4n) is 2.44. The summed E-state index contributed by atoms with van der Waals surface area (Å²) >= 11 is 0. The average Bonchev–Trinajstić information content (AvgIpc) is 2.65. The van der Waals surface area contributed by atoms with E-state index in [1.165, 1.54) is 22.9 Å². The summed E-state index contributed by atoms with van der Waals surface area (Å²) in [5, 5.41) is 15.4. The number of para-hydroxylation sites is 1. The molecular weight excluding hydrogens is 334 g/mol. The topological polar surface area (TPSA) is 102 Å². The van der Waals surface area contributed by atoms with E-state index in [9.17, 15) is 14.9 Å². The second kappa shape index (κ2) is 7.39. The standard InChI is InChI=1S/C18H15N5O3/c1-2-10-22-17(24)15-8-3-4-9-16(15)20-18(22)21-19-12-13-6-5-7-14(11-13)23(25)26/h2-9,11-12H,1,10H2,(H,20,21). The maximum atomic E-state index is 12.6. The summed E-state index contributed by atoms with van der Waals surface area (Å²) in [4.78, 5) is 27.4. The van der Waals surface area contributed by atoms with Crippen molar-refractivity contribution >= 4 is 28.8 Å². The molecule has 0 fully saturated rings. The second-order valence-electron chi connectivity index (χ2n) is 5.38. The van der Waals surface area contributed by atoms with Crippen molar-refractivity contribution in [1.29, 1.82) is 0 Å². The SMILES string of the molecule is C=CCn1c(NN=Cc2cccc([N+](=O)[O-])c2)nc2ccccc2c1=O. The highest BCUT2D eigenvalue weighted by atomic mass is 16.6. The van der Waals surface area contributed by atoms with Crippen LogP contribution in [0.5, 0.6) is 0 Å². The normalized spacial score (nSPS) is 10.9. The Hall–Kier alpha value is -3.81. The van der Waals surface area contributed by atoms with Crippen molar-refractivity contribution in [2.45, 2.75) is 6.54 Å². The minimum absolute atomic E-state index is 0.0265. The molecule has 0 spiro atoms. The summed E-state index contributed by atoms with van der Waals surface area (Å²) < 4.78 is 1.42. The van der Waals surface area contributed by atoms with E-state index >= 15 is 0 Å². The third-order valence-electron chi connectivity index (χ3n) is 3.63. The zero-order valence-corrected chi connectivity index (χ0v) is 13.7. The Balaban J connectivity index is 1.94. The van der Waals surface area contributed by atoms with Crippen LogP contribution in [0, 0.1) is 10.1 Å². The van der Waals surface area contributed by atoms with E-state index in [1.807, 2.05) is 0 Å². The Labute approximate surface area is 148 Å². The molecule has 1 heterocycles. The first-order valence-corrected chi connectivity index (χ1v) is 7.74. The van der Waals surface area contributed by atoms with Gasteiger partial charge in [0.1, 0.15) is 0 Å². The Bertz CT molecular complexity index is 1070. The summed E-state index contributed by atoms with van der Waals surface area (Å²) in [6.45, 7) is 3.92. The minimum atomic E-state index is -0.475. The second-order valence-corrected chi connectivity index (χ2v) is 5.38. The van der Waals surface area contributed by atoms with Gasteiger partial charge in [0, 0.05) is 24.2 Å². The lowest BCUT2D eigenvalue weighted by Gasteiger charge is -2.10.